The lowest BCUT2D eigenvalue weighted by molar-refractivity contribution is -0.253. The first-order chi connectivity index (χ1) is 12.8. The van der Waals surface area contributed by atoms with Crippen LogP contribution in [0.2, 0.25) is 5.02 Å². The highest BCUT2D eigenvalue weighted by Crippen LogP contribution is 2.34. The zero-order valence-electron chi connectivity index (χ0n) is 13.6. The fraction of sp³-hybridized carbons (Fsp3) is 0.167. The van der Waals surface area contributed by atoms with Crippen LogP contribution in [-0.2, 0) is 0 Å². The van der Waals surface area contributed by atoms with E-state index < -0.39 is 18.3 Å². The maximum atomic E-state index is 13.0. The Morgan fingerprint density at radius 3 is 2.56 bits per heavy atom. The van der Waals surface area contributed by atoms with Gasteiger partial charge in [-0.15, -0.1) is 0 Å². The Hall–Kier alpha value is -2.74. The highest BCUT2D eigenvalue weighted by Gasteiger charge is 2.44. The molecule has 0 unspecified atom stereocenters. The SMILES string of the molecule is FC(F)C(F)(F)Oc1cccc(Oc2ccc(NC3=CC=NC3)cc2Cl)c1. The van der Waals surface area contributed by atoms with Crippen LogP contribution in [0.15, 0.2) is 59.2 Å². The summed E-state index contributed by atoms with van der Waals surface area (Å²) in [5.41, 5.74) is 1.63. The van der Waals surface area contributed by atoms with Gasteiger partial charge in [0.1, 0.15) is 17.2 Å². The third-order valence-electron chi connectivity index (χ3n) is 3.42. The Labute approximate surface area is 157 Å². The average molecular weight is 401 g/mol. The van der Waals surface area contributed by atoms with E-state index >= 15 is 0 Å². The lowest BCUT2D eigenvalue weighted by Crippen LogP contribution is -2.33. The highest BCUT2D eigenvalue weighted by molar-refractivity contribution is 6.32. The molecule has 9 heteroatoms. The third-order valence-corrected chi connectivity index (χ3v) is 3.72. The van der Waals surface area contributed by atoms with E-state index in [2.05, 4.69) is 15.0 Å². The van der Waals surface area contributed by atoms with Crippen LogP contribution in [0.4, 0.5) is 23.2 Å². The zero-order valence-corrected chi connectivity index (χ0v) is 14.4. The van der Waals surface area contributed by atoms with Crippen LogP contribution in [0.5, 0.6) is 17.2 Å². The molecular formula is C18H13ClF4N2O2. The maximum absolute atomic E-state index is 13.0. The van der Waals surface area contributed by atoms with Gasteiger partial charge in [-0.3, -0.25) is 4.99 Å². The first kappa shape index (κ1) is 19.0. The molecule has 3 rings (SSSR count). The van der Waals surface area contributed by atoms with Gasteiger partial charge < -0.3 is 14.8 Å². The summed E-state index contributed by atoms with van der Waals surface area (Å²) in [6, 6.07) is 9.91. The van der Waals surface area contributed by atoms with Crippen molar-refractivity contribution in [2.75, 3.05) is 11.9 Å². The van der Waals surface area contributed by atoms with E-state index in [4.69, 9.17) is 16.3 Å². The molecule has 142 valence electrons. The molecule has 2 aromatic carbocycles. The topological polar surface area (TPSA) is 42.9 Å². The first-order valence-corrected chi connectivity index (χ1v) is 8.10. The molecule has 0 atom stereocenters. The molecule has 0 amide bonds. The van der Waals surface area contributed by atoms with Crippen molar-refractivity contribution in [2.24, 2.45) is 4.99 Å². The van der Waals surface area contributed by atoms with Crippen LogP contribution in [0, 0.1) is 0 Å². The predicted molar refractivity (Wildman–Crippen MR) is 94.6 cm³/mol. The van der Waals surface area contributed by atoms with Gasteiger partial charge >= 0.3 is 12.5 Å². The molecule has 0 spiro atoms. The number of halogens is 5. The predicted octanol–water partition coefficient (Wildman–Crippen LogP) is 5.75. The fourth-order valence-corrected chi connectivity index (χ4v) is 2.42. The van der Waals surface area contributed by atoms with E-state index in [1.807, 2.05) is 6.08 Å². The number of aliphatic imine (C=N–C) groups is 1. The van der Waals surface area contributed by atoms with E-state index in [1.165, 1.54) is 12.1 Å². The van der Waals surface area contributed by atoms with Crippen molar-refractivity contribution < 1.29 is 27.0 Å². The lowest BCUT2D eigenvalue weighted by Gasteiger charge is -2.17. The lowest BCUT2D eigenvalue weighted by atomic mass is 10.2. The van der Waals surface area contributed by atoms with Crippen LogP contribution in [0.3, 0.4) is 0 Å². The zero-order chi connectivity index (χ0) is 19.4. The molecular weight excluding hydrogens is 388 g/mol. The molecule has 2 aromatic rings. The number of benzene rings is 2. The van der Waals surface area contributed by atoms with Crippen LogP contribution >= 0.6 is 11.6 Å². The van der Waals surface area contributed by atoms with Gasteiger partial charge in [0, 0.05) is 23.7 Å². The number of hydrogen-bond acceptors (Lipinski definition) is 4. The molecule has 0 radical (unpaired) electrons. The summed E-state index contributed by atoms with van der Waals surface area (Å²) in [6.45, 7) is 0.548. The van der Waals surface area contributed by atoms with Crippen molar-refractivity contribution in [3.63, 3.8) is 0 Å². The molecule has 4 nitrogen and oxygen atoms in total. The molecule has 0 bridgehead atoms. The molecule has 1 N–H and O–H groups in total. The van der Waals surface area contributed by atoms with Crippen LogP contribution in [-0.4, -0.2) is 25.3 Å². The number of hydrogen-bond donors (Lipinski definition) is 1. The number of alkyl halides is 4. The van der Waals surface area contributed by atoms with Crippen molar-refractivity contribution in [3.8, 4) is 17.2 Å². The quantitative estimate of drug-likeness (QED) is 0.602. The van der Waals surface area contributed by atoms with E-state index in [9.17, 15) is 17.6 Å². The molecule has 0 saturated heterocycles. The Kier molecular flexibility index (Phi) is 5.55. The highest BCUT2D eigenvalue weighted by atomic mass is 35.5. The van der Waals surface area contributed by atoms with Gasteiger partial charge in [-0.25, -0.2) is 0 Å². The van der Waals surface area contributed by atoms with Gasteiger partial charge in [0.25, 0.3) is 0 Å². The minimum atomic E-state index is -4.60. The Balaban J connectivity index is 1.70. The summed E-state index contributed by atoms with van der Waals surface area (Å²) in [7, 11) is 0. The summed E-state index contributed by atoms with van der Waals surface area (Å²) >= 11 is 6.19. The van der Waals surface area contributed by atoms with Crippen LogP contribution in [0.25, 0.3) is 0 Å². The van der Waals surface area contributed by atoms with Gasteiger partial charge in [0.05, 0.1) is 11.6 Å². The number of anilines is 1. The van der Waals surface area contributed by atoms with Crippen molar-refractivity contribution in [1.82, 2.24) is 0 Å². The molecule has 0 saturated carbocycles. The van der Waals surface area contributed by atoms with Crippen molar-refractivity contribution in [3.05, 3.63) is 59.3 Å². The summed E-state index contributed by atoms with van der Waals surface area (Å²) in [5.74, 6) is -0.0934. The monoisotopic (exact) mass is 400 g/mol. The number of allylic oxidation sites excluding steroid dienone is 1. The number of nitrogens with one attached hydrogen (secondary N) is 1. The minimum absolute atomic E-state index is 0.104. The molecule has 1 aliphatic rings. The van der Waals surface area contributed by atoms with E-state index in [-0.39, 0.29) is 16.5 Å². The number of nitrogens with zero attached hydrogens (tertiary/aromatic N) is 1. The maximum Gasteiger partial charge on any atom is 0.461 e. The summed E-state index contributed by atoms with van der Waals surface area (Å²) in [5, 5.41) is 3.41. The van der Waals surface area contributed by atoms with Crippen molar-refractivity contribution in [2.45, 2.75) is 12.5 Å². The van der Waals surface area contributed by atoms with Gasteiger partial charge in [-0.05, 0) is 36.4 Å². The van der Waals surface area contributed by atoms with Crippen LogP contribution in [0.1, 0.15) is 0 Å². The minimum Gasteiger partial charge on any atom is -0.456 e. The molecule has 1 aliphatic heterocycles. The number of rotatable bonds is 7. The second kappa shape index (κ2) is 7.87. The smallest absolute Gasteiger partial charge is 0.456 e. The second-order valence-electron chi connectivity index (χ2n) is 5.49. The van der Waals surface area contributed by atoms with Crippen molar-refractivity contribution >= 4 is 23.5 Å². The van der Waals surface area contributed by atoms with Gasteiger partial charge in [0.15, 0.2) is 0 Å². The molecule has 1 heterocycles. The van der Waals surface area contributed by atoms with Crippen molar-refractivity contribution in [1.29, 1.82) is 0 Å². The first-order valence-electron chi connectivity index (χ1n) is 7.72. The van der Waals surface area contributed by atoms with Gasteiger partial charge in [0.2, 0.25) is 0 Å². The summed E-state index contributed by atoms with van der Waals surface area (Å²) < 4.78 is 60.1. The van der Waals surface area contributed by atoms with Crippen LogP contribution < -0.4 is 14.8 Å². The van der Waals surface area contributed by atoms with Gasteiger partial charge in [-0.2, -0.15) is 17.6 Å². The van der Waals surface area contributed by atoms with Gasteiger partial charge in [-0.1, -0.05) is 17.7 Å². The molecule has 0 fully saturated rings. The number of ether oxygens (including phenoxy) is 2. The molecule has 0 aromatic heterocycles. The standard InChI is InChI=1S/C18H13ClF4N2O2/c19-15-8-11(25-12-6-7-24-10-12)4-5-16(15)26-13-2-1-3-14(9-13)27-18(22,23)17(20)21/h1-9,17,25H,10H2. The fourth-order valence-electron chi connectivity index (χ4n) is 2.20. The normalized spacial score (nSPS) is 13.6. The average Bonchev–Trinajstić information content (AvgIpc) is 3.10. The largest absolute Gasteiger partial charge is 0.461 e. The summed E-state index contributed by atoms with van der Waals surface area (Å²) in [4.78, 5) is 4.05. The Morgan fingerprint density at radius 1 is 1.11 bits per heavy atom. The van der Waals surface area contributed by atoms with E-state index in [0.29, 0.717) is 6.54 Å². The Bertz CT molecular complexity index is 887. The molecule has 27 heavy (non-hydrogen) atoms. The summed E-state index contributed by atoms with van der Waals surface area (Å²) in [6.07, 6.45) is -5.02. The Morgan fingerprint density at radius 2 is 1.89 bits per heavy atom. The van der Waals surface area contributed by atoms with E-state index in [1.54, 1.807) is 24.4 Å². The third kappa shape index (κ3) is 4.91. The van der Waals surface area contributed by atoms with E-state index in [0.717, 1.165) is 23.5 Å². The molecule has 0 aliphatic carbocycles. The second-order valence-corrected chi connectivity index (χ2v) is 5.90.